The van der Waals surface area contributed by atoms with Crippen LogP contribution in [0.2, 0.25) is 0 Å². The van der Waals surface area contributed by atoms with E-state index in [1.807, 2.05) is 17.2 Å². The third-order valence-electron chi connectivity index (χ3n) is 5.87. The van der Waals surface area contributed by atoms with Gasteiger partial charge in [0.25, 0.3) is 5.91 Å². The molecule has 0 aliphatic carbocycles. The molecular weight excluding hydrogens is 374 g/mol. The third-order valence-corrected chi connectivity index (χ3v) is 5.87. The van der Waals surface area contributed by atoms with E-state index in [0.29, 0.717) is 32.1 Å². The number of furan rings is 1. The van der Waals surface area contributed by atoms with Crippen molar-refractivity contribution in [2.75, 3.05) is 62.3 Å². The van der Waals surface area contributed by atoms with Crippen LogP contribution in [0.4, 0.5) is 11.8 Å². The second-order valence-corrected chi connectivity index (χ2v) is 7.57. The van der Waals surface area contributed by atoms with Gasteiger partial charge in [0.2, 0.25) is 5.95 Å². The molecular formula is C20H25N5O4. The summed E-state index contributed by atoms with van der Waals surface area (Å²) < 4.78 is 16.8. The van der Waals surface area contributed by atoms with Gasteiger partial charge in [-0.1, -0.05) is 0 Å². The van der Waals surface area contributed by atoms with E-state index in [2.05, 4.69) is 14.8 Å². The first-order valence-electron chi connectivity index (χ1n) is 10.2. The Balaban J connectivity index is 1.20. The molecule has 0 unspecified atom stereocenters. The van der Waals surface area contributed by atoms with Crippen LogP contribution in [0, 0.1) is 0 Å². The van der Waals surface area contributed by atoms with Crippen molar-refractivity contribution in [1.82, 2.24) is 14.9 Å². The molecule has 154 valence electrons. The van der Waals surface area contributed by atoms with Crippen LogP contribution >= 0.6 is 0 Å². The van der Waals surface area contributed by atoms with E-state index in [1.54, 1.807) is 12.1 Å². The van der Waals surface area contributed by atoms with Crippen molar-refractivity contribution < 1.29 is 18.7 Å². The maximum absolute atomic E-state index is 12.4. The maximum Gasteiger partial charge on any atom is 0.289 e. The molecule has 3 fully saturated rings. The molecule has 2 aromatic rings. The summed E-state index contributed by atoms with van der Waals surface area (Å²) in [6, 6.07) is 5.37. The largest absolute Gasteiger partial charge is 0.459 e. The molecule has 3 aliphatic heterocycles. The van der Waals surface area contributed by atoms with Crippen molar-refractivity contribution in [3.8, 4) is 0 Å². The maximum atomic E-state index is 12.4. The molecule has 0 bridgehead atoms. The van der Waals surface area contributed by atoms with Crippen LogP contribution in [0.1, 0.15) is 23.4 Å². The predicted molar refractivity (Wildman–Crippen MR) is 105 cm³/mol. The van der Waals surface area contributed by atoms with Crippen LogP contribution in [0.5, 0.6) is 0 Å². The number of aromatic nitrogens is 2. The summed E-state index contributed by atoms with van der Waals surface area (Å²) in [4.78, 5) is 27.9. The molecule has 0 saturated carbocycles. The minimum atomic E-state index is -0.398. The van der Waals surface area contributed by atoms with E-state index in [4.69, 9.17) is 18.9 Å². The van der Waals surface area contributed by atoms with Crippen LogP contribution in [0.15, 0.2) is 35.1 Å². The van der Waals surface area contributed by atoms with Gasteiger partial charge in [-0.2, -0.15) is 4.98 Å². The Morgan fingerprint density at radius 1 is 0.966 bits per heavy atom. The fourth-order valence-corrected chi connectivity index (χ4v) is 4.20. The van der Waals surface area contributed by atoms with E-state index in [-0.39, 0.29) is 5.91 Å². The van der Waals surface area contributed by atoms with Gasteiger partial charge in [0, 0.05) is 58.3 Å². The van der Waals surface area contributed by atoms with E-state index >= 15 is 0 Å². The number of piperidine rings is 1. The number of hydrogen-bond donors (Lipinski definition) is 0. The number of rotatable bonds is 3. The number of anilines is 2. The van der Waals surface area contributed by atoms with Crippen LogP contribution in [0.25, 0.3) is 0 Å². The van der Waals surface area contributed by atoms with Gasteiger partial charge in [-0.25, -0.2) is 4.98 Å². The zero-order valence-electron chi connectivity index (χ0n) is 16.3. The number of ether oxygens (including phenoxy) is 2. The number of nitrogens with zero attached hydrogens (tertiary/aromatic N) is 5. The van der Waals surface area contributed by atoms with Gasteiger partial charge in [0.15, 0.2) is 11.5 Å². The highest BCUT2D eigenvalue weighted by molar-refractivity contribution is 5.91. The first kappa shape index (κ1) is 18.4. The molecule has 0 atom stereocenters. The summed E-state index contributed by atoms with van der Waals surface area (Å²) in [5, 5.41) is 0. The molecule has 3 saturated heterocycles. The summed E-state index contributed by atoms with van der Waals surface area (Å²) in [7, 11) is 0. The lowest BCUT2D eigenvalue weighted by Gasteiger charge is -2.38. The van der Waals surface area contributed by atoms with Crippen LogP contribution in [-0.2, 0) is 9.47 Å². The lowest BCUT2D eigenvalue weighted by Crippen LogP contribution is -2.49. The summed E-state index contributed by atoms with van der Waals surface area (Å²) in [6.45, 7) is 5.73. The van der Waals surface area contributed by atoms with E-state index < -0.39 is 5.79 Å². The SMILES string of the molecule is O=C(c1ccco1)N1CCN(c2ccnc(N3CCC4(CC3)OCCO4)n2)CC1. The fourth-order valence-electron chi connectivity index (χ4n) is 4.20. The highest BCUT2D eigenvalue weighted by Crippen LogP contribution is 2.32. The van der Waals surface area contributed by atoms with Crippen LogP contribution in [-0.4, -0.2) is 79.0 Å². The van der Waals surface area contributed by atoms with Crippen LogP contribution in [0.3, 0.4) is 0 Å². The summed E-state index contributed by atoms with van der Waals surface area (Å²) in [5.41, 5.74) is 0. The van der Waals surface area contributed by atoms with Crippen molar-refractivity contribution >= 4 is 17.7 Å². The van der Waals surface area contributed by atoms with Crippen molar-refractivity contribution in [3.05, 3.63) is 36.4 Å². The lowest BCUT2D eigenvalue weighted by atomic mass is 10.0. The highest BCUT2D eigenvalue weighted by Gasteiger charge is 2.40. The predicted octanol–water partition coefficient (Wildman–Crippen LogP) is 1.38. The van der Waals surface area contributed by atoms with E-state index in [1.165, 1.54) is 6.26 Å². The van der Waals surface area contributed by atoms with Crippen LogP contribution < -0.4 is 9.80 Å². The highest BCUT2D eigenvalue weighted by atomic mass is 16.7. The monoisotopic (exact) mass is 399 g/mol. The van der Waals surface area contributed by atoms with Gasteiger partial charge in [0.1, 0.15) is 5.82 Å². The average Bonchev–Trinajstić information content (AvgIpc) is 3.47. The molecule has 1 spiro atoms. The average molecular weight is 399 g/mol. The topological polar surface area (TPSA) is 84.2 Å². The molecule has 3 aliphatic rings. The standard InChI is InChI=1S/C20H25N5O4/c26-18(16-2-1-13-27-16)24-11-9-23(10-12-24)17-3-6-21-19(22-17)25-7-4-20(5-8-25)28-14-15-29-20/h1-3,6,13H,4-5,7-12,14-15H2. The fraction of sp³-hybridized carbons (Fsp3) is 0.550. The number of amides is 1. The van der Waals surface area contributed by atoms with Gasteiger partial charge in [-0.15, -0.1) is 0 Å². The molecule has 9 heteroatoms. The number of hydrogen-bond acceptors (Lipinski definition) is 8. The van der Waals surface area contributed by atoms with Crippen molar-refractivity contribution in [1.29, 1.82) is 0 Å². The summed E-state index contributed by atoms with van der Waals surface area (Å²) >= 11 is 0. The second kappa shape index (κ2) is 7.64. The molecule has 1 amide bonds. The van der Waals surface area contributed by atoms with E-state index in [0.717, 1.165) is 50.8 Å². The smallest absolute Gasteiger partial charge is 0.289 e. The Kier molecular flexibility index (Phi) is 4.84. The molecule has 29 heavy (non-hydrogen) atoms. The Hall–Kier alpha value is -2.65. The van der Waals surface area contributed by atoms with Gasteiger partial charge in [-0.05, 0) is 18.2 Å². The first-order valence-corrected chi connectivity index (χ1v) is 10.2. The van der Waals surface area contributed by atoms with Gasteiger partial charge < -0.3 is 28.6 Å². The molecule has 2 aromatic heterocycles. The Labute approximate surface area is 169 Å². The zero-order chi connectivity index (χ0) is 19.7. The second-order valence-electron chi connectivity index (χ2n) is 7.57. The van der Waals surface area contributed by atoms with Gasteiger partial charge in [0.05, 0.1) is 19.5 Å². The molecule has 0 radical (unpaired) electrons. The quantitative estimate of drug-likeness (QED) is 0.765. The van der Waals surface area contributed by atoms with Gasteiger partial charge >= 0.3 is 0 Å². The Morgan fingerprint density at radius 2 is 1.72 bits per heavy atom. The Morgan fingerprint density at radius 3 is 2.41 bits per heavy atom. The number of carbonyl (C=O) groups is 1. The first-order chi connectivity index (χ1) is 14.2. The normalized spacial score (nSPS) is 21.7. The molecule has 5 rings (SSSR count). The molecule has 5 heterocycles. The lowest BCUT2D eigenvalue weighted by molar-refractivity contribution is -0.169. The summed E-state index contributed by atoms with van der Waals surface area (Å²) in [5.74, 6) is 1.57. The number of piperazine rings is 1. The van der Waals surface area contributed by atoms with Crippen molar-refractivity contribution in [3.63, 3.8) is 0 Å². The summed E-state index contributed by atoms with van der Waals surface area (Å²) in [6.07, 6.45) is 4.99. The van der Waals surface area contributed by atoms with Crippen molar-refractivity contribution in [2.45, 2.75) is 18.6 Å². The zero-order valence-corrected chi connectivity index (χ0v) is 16.3. The minimum absolute atomic E-state index is 0.0587. The van der Waals surface area contributed by atoms with Gasteiger partial charge in [-0.3, -0.25) is 4.79 Å². The van der Waals surface area contributed by atoms with E-state index in [9.17, 15) is 4.79 Å². The minimum Gasteiger partial charge on any atom is -0.459 e. The van der Waals surface area contributed by atoms with Crippen molar-refractivity contribution in [2.24, 2.45) is 0 Å². The number of carbonyl (C=O) groups excluding carboxylic acids is 1. The Bertz CT molecular complexity index is 834. The molecule has 9 nitrogen and oxygen atoms in total. The molecule has 0 aromatic carbocycles. The third kappa shape index (κ3) is 3.67. The molecule has 0 N–H and O–H groups in total.